The molecule has 0 radical (unpaired) electrons. The monoisotopic (exact) mass is 293 g/mol. The van der Waals surface area contributed by atoms with Crippen LogP contribution in [0.25, 0.3) is 10.2 Å². The number of aromatic nitrogens is 1. The van der Waals surface area contributed by atoms with E-state index in [-0.39, 0.29) is 5.71 Å². The summed E-state index contributed by atoms with van der Waals surface area (Å²) in [6.07, 6.45) is 0. The zero-order chi connectivity index (χ0) is 15.0. The second-order valence-electron chi connectivity index (χ2n) is 3.56. The molecule has 0 saturated heterocycles. The van der Waals surface area contributed by atoms with E-state index < -0.39 is 5.97 Å². The Morgan fingerprint density at radius 2 is 2.20 bits per heavy atom. The highest BCUT2D eigenvalue weighted by Crippen LogP contribution is 2.21. The summed E-state index contributed by atoms with van der Waals surface area (Å²) in [7, 11) is 0. The van der Waals surface area contributed by atoms with Crippen LogP contribution >= 0.6 is 11.3 Å². The van der Waals surface area contributed by atoms with Crippen LogP contribution in [0.15, 0.2) is 28.8 Å². The van der Waals surface area contributed by atoms with Gasteiger partial charge in [-0.05, 0) is 32.0 Å². The van der Waals surface area contributed by atoms with Gasteiger partial charge in [0.1, 0.15) is 5.71 Å². The first-order valence-corrected chi connectivity index (χ1v) is 7.39. The van der Waals surface area contributed by atoms with Gasteiger partial charge >= 0.3 is 5.97 Å². The number of ether oxygens (including phenoxy) is 1. The van der Waals surface area contributed by atoms with Gasteiger partial charge in [0.25, 0.3) is 0 Å². The molecule has 1 heterocycles. The Morgan fingerprint density at radius 3 is 2.90 bits per heavy atom. The third-order valence-corrected chi connectivity index (χ3v) is 3.06. The lowest BCUT2D eigenvalue weighted by atomic mass is 10.3. The largest absolute Gasteiger partial charge is 0.461 e. The number of hydrazone groups is 1. The van der Waals surface area contributed by atoms with Crippen molar-refractivity contribution in [3.05, 3.63) is 23.7 Å². The number of thiazole rings is 1. The summed E-state index contributed by atoms with van der Waals surface area (Å²) in [6.45, 7) is 7.71. The molecule has 6 heteroatoms. The molecule has 108 valence electrons. The van der Waals surface area contributed by atoms with E-state index >= 15 is 0 Å². The average molecular weight is 293 g/mol. The number of benzene rings is 1. The molecule has 0 spiro atoms. The molecule has 2 rings (SSSR count). The topological polar surface area (TPSA) is 63.6 Å². The van der Waals surface area contributed by atoms with E-state index in [1.54, 1.807) is 30.7 Å². The molecule has 2 aromatic rings. The smallest absolute Gasteiger partial charge is 0.354 e. The highest BCUT2D eigenvalue weighted by molar-refractivity contribution is 7.16. The molecule has 0 aliphatic rings. The van der Waals surface area contributed by atoms with Gasteiger partial charge in [-0.1, -0.05) is 13.8 Å². The Kier molecular flexibility index (Phi) is 6.66. The van der Waals surface area contributed by atoms with Crippen LogP contribution in [0.3, 0.4) is 0 Å². The average Bonchev–Trinajstić information content (AvgIpc) is 2.94. The number of fused-ring (bicyclic) bond motifs is 1. The van der Waals surface area contributed by atoms with Crippen molar-refractivity contribution in [2.45, 2.75) is 27.7 Å². The lowest BCUT2D eigenvalue weighted by molar-refractivity contribution is -0.135. The van der Waals surface area contributed by atoms with Crippen molar-refractivity contribution in [2.75, 3.05) is 12.0 Å². The Balaban J connectivity index is 0.000000956. The first-order chi connectivity index (χ1) is 9.70. The minimum atomic E-state index is -0.417. The maximum atomic E-state index is 11.3. The van der Waals surface area contributed by atoms with Crippen LogP contribution in [0.5, 0.6) is 0 Å². The standard InChI is InChI=1S/C12H13N3O2S.C2H6/c1-3-17-12(16)8(2)14-15-9-4-5-11-10(6-9)13-7-18-11;1-2/h4-7,15H,3H2,1-2H3;1-2H3/b14-8-;. The summed E-state index contributed by atoms with van der Waals surface area (Å²) in [5.74, 6) is -0.417. The van der Waals surface area contributed by atoms with E-state index in [0.717, 1.165) is 15.9 Å². The summed E-state index contributed by atoms with van der Waals surface area (Å²) in [6, 6.07) is 5.74. The van der Waals surface area contributed by atoms with Crippen molar-refractivity contribution in [2.24, 2.45) is 5.10 Å². The second kappa shape index (κ2) is 8.27. The van der Waals surface area contributed by atoms with Gasteiger partial charge in [0.05, 0.1) is 28.0 Å². The van der Waals surface area contributed by atoms with Crippen LogP contribution in [0.4, 0.5) is 5.69 Å². The van der Waals surface area contributed by atoms with Gasteiger partial charge in [-0.3, -0.25) is 5.43 Å². The molecule has 1 aromatic heterocycles. The van der Waals surface area contributed by atoms with Crippen LogP contribution in [-0.2, 0) is 9.53 Å². The number of nitrogens with zero attached hydrogens (tertiary/aromatic N) is 2. The van der Waals surface area contributed by atoms with E-state index in [2.05, 4.69) is 15.5 Å². The fraction of sp³-hybridized carbons (Fsp3) is 0.357. The van der Waals surface area contributed by atoms with Crippen molar-refractivity contribution in [1.29, 1.82) is 0 Å². The minimum absolute atomic E-state index is 0.287. The Labute approximate surface area is 122 Å². The predicted octanol–water partition coefficient (Wildman–Crippen LogP) is 3.67. The third kappa shape index (κ3) is 4.31. The molecule has 5 nitrogen and oxygen atoms in total. The molecular weight excluding hydrogens is 274 g/mol. The highest BCUT2D eigenvalue weighted by Gasteiger charge is 2.06. The molecular formula is C14H19N3O2S. The fourth-order valence-corrected chi connectivity index (χ4v) is 2.02. The molecule has 0 saturated carbocycles. The molecule has 0 aliphatic heterocycles. The van der Waals surface area contributed by atoms with Gasteiger partial charge in [-0.15, -0.1) is 11.3 Å². The van der Waals surface area contributed by atoms with E-state index in [1.807, 2.05) is 32.0 Å². The van der Waals surface area contributed by atoms with Crippen molar-refractivity contribution in [3.63, 3.8) is 0 Å². The van der Waals surface area contributed by atoms with Gasteiger partial charge in [0, 0.05) is 0 Å². The van der Waals surface area contributed by atoms with E-state index in [4.69, 9.17) is 4.74 Å². The Morgan fingerprint density at radius 1 is 1.45 bits per heavy atom. The molecule has 0 atom stereocenters. The Bertz CT molecular complexity index is 593. The van der Waals surface area contributed by atoms with Crippen LogP contribution in [-0.4, -0.2) is 23.3 Å². The van der Waals surface area contributed by atoms with Crippen molar-refractivity contribution in [1.82, 2.24) is 4.98 Å². The molecule has 0 fully saturated rings. The number of esters is 1. The molecule has 0 amide bonds. The second-order valence-corrected chi connectivity index (χ2v) is 4.45. The van der Waals surface area contributed by atoms with Crippen LogP contribution in [0, 0.1) is 0 Å². The minimum Gasteiger partial charge on any atom is -0.461 e. The third-order valence-electron chi connectivity index (χ3n) is 2.25. The Hall–Kier alpha value is -1.95. The molecule has 1 aromatic carbocycles. The maximum absolute atomic E-state index is 11.3. The van der Waals surface area contributed by atoms with Crippen LogP contribution in [0.2, 0.25) is 0 Å². The molecule has 0 bridgehead atoms. The summed E-state index contributed by atoms with van der Waals surface area (Å²) < 4.78 is 5.95. The van der Waals surface area contributed by atoms with E-state index in [9.17, 15) is 4.79 Å². The summed E-state index contributed by atoms with van der Waals surface area (Å²) in [5.41, 5.74) is 6.60. The van der Waals surface area contributed by atoms with Gasteiger partial charge < -0.3 is 4.74 Å². The molecule has 0 aliphatic carbocycles. The van der Waals surface area contributed by atoms with Gasteiger partial charge in [-0.25, -0.2) is 9.78 Å². The number of carbonyl (C=O) groups excluding carboxylic acids is 1. The van der Waals surface area contributed by atoms with Crippen LogP contribution < -0.4 is 5.43 Å². The first-order valence-electron chi connectivity index (χ1n) is 6.51. The molecule has 20 heavy (non-hydrogen) atoms. The molecule has 0 unspecified atom stereocenters. The van der Waals surface area contributed by atoms with E-state index in [1.165, 1.54) is 0 Å². The number of hydrogen-bond donors (Lipinski definition) is 1. The number of rotatable bonds is 4. The SMILES string of the molecule is CC.CCOC(=O)/C(C)=N\Nc1ccc2scnc2c1. The zero-order valence-corrected chi connectivity index (χ0v) is 13.0. The number of nitrogens with one attached hydrogen (secondary N) is 1. The summed E-state index contributed by atoms with van der Waals surface area (Å²) in [4.78, 5) is 15.5. The number of anilines is 1. The van der Waals surface area contributed by atoms with Gasteiger partial charge in [0.2, 0.25) is 0 Å². The van der Waals surface area contributed by atoms with E-state index in [0.29, 0.717) is 6.61 Å². The zero-order valence-electron chi connectivity index (χ0n) is 12.1. The summed E-state index contributed by atoms with van der Waals surface area (Å²) in [5, 5.41) is 3.97. The van der Waals surface area contributed by atoms with Crippen molar-refractivity contribution < 1.29 is 9.53 Å². The van der Waals surface area contributed by atoms with Crippen LogP contribution in [0.1, 0.15) is 27.7 Å². The van der Waals surface area contributed by atoms with Crippen molar-refractivity contribution in [3.8, 4) is 0 Å². The number of carbonyl (C=O) groups is 1. The normalized spacial score (nSPS) is 10.7. The summed E-state index contributed by atoms with van der Waals surface area (Å²) >= 11 is 1.58. The lowest BCUT2D eigenvalue weighted by Gasteiger charge is -2.03. The first kappa shape index (κ1) is 16.1. The number of hydrogen-bond acceptors (Lipinski definition) is 6. The maximum Gasteiger partial charge on any atom is 0.354 e. The molecule has 1 N–H and O–H groups in total. The highest BCUT2D eigenvalue weighted by atomic mass is 32.1. The predicted molar refractivity (Wildman–Crippen MR) is 84.3 cm³/mol. The van der Waals surface area contributed by atoms with Gasteiger partial charge in [-0.2, -0.15) is 5.10 Å². The quantitative estimate of drug-likeness (QED) is 0.530. The van der Waals surface area contributed by atoms with Gasteiger partial charge in [0.15, 0.2) is 0 Å². The van der Waals surface area contributed by atoms with Crippen molar-refractivity contribution >= 4 is 38.9 Å². The fourth-order valence-electron chi connectivity index (χ4n) is 1.36. The lowest BCUT2D eigenvalue weighted by Crippen LogP contribution is -2.15.